The van der Waals surface area contributed by atoms with Crippen molar-refractivity contribution in [3.8, 4) is 0 Å². The zero-order chi connectivity index (χ0) is 30.8. The molecule has 2 fully saturated rings. The average Bonchev–Trinajstić information content (AvgIpc) is 3.30. The Labute approximate surface area is 208 Å². The fraction of sp³-hybridized carbons (Fsp3) is 0.400. The second-order valence-electron chi connectivity index (χ2n) is 7.99. The van der Waals surface area contributed by atoms with Crippen LogP contribution in [-0.4, -0.2) is 59.8 Å². The minimum absolute atomic E-state index is 0.0255. The van der Waals surface area contributed by atoms with Crippen molar-refractivity contribution >= 4 is 23.4 Å². The lowest BCUT2D eigenvalue weighted by Gasteiger charge is -2.29. The van der Waals surface area contributed by atoms with Gasteiger partial charge in [0.15, 0.2) is 0 Å². The van der Waals surface area contributed by atoms with E-state index in [1.165, 1.54) is 18.2 Å². The Morgan fingerprint density at radius 1 is 1.26 bits per heavy atom. The molecule has 3 amide bonds. The first kappa shape index (κ1) is 14.9. The predicted molar refractivity (Wildman–Crippen MR) is 122 cm³/mol. The molecule has 8 nitrogen and oxygen atoms in total. The minimum atomic E-state index is -3.42. The van der Waals surface area contributed by atoms with E-state index in [0.717, 1.165) is 0 Å². The Hall–Kier alpha value is -3.30. The van der Waals surface area contributed by atoms with E-state index in [4.69, 9.17) is 15.7 Å². The van der Waals surface area contributed by atoms with Crippen molar-refractivity contribution in [3.05, 3.63) is 64.4 Å². The molecule has 1 unspecified atom stereocenters. The number of piperidine rings is 1. The molecule has 0 spiro atoms. The van der Waals surface area contributed by atoms with Crippen LogP contribution >= 0.6 is 0 Å². The number of halogens is 1. The van der Waals surface area contributed by atoms with Crippen LogP contribution in [-0.2, 0) is 34.0 Å². The topological polar surface area (TPSA) is 91.0 Å². The first-order valence-electron chi connectivity index (χ1n) is 14.7. The number of hydrogen-bond donors (Lipinski definition) is 2. The highest BCUT2D eigenvalue weighted by Crippen LogP contribution is 2.32. The number of imide groups is 1. The van der Waals surface area contributed by atoms with Crippen LogP contribution in [0.15, 0.2) is 36.3 Å². The number of nitrogens with one attached hydrogen (secondary N) is 2. The molecule has 2 N–H and O–H groups in total. The summed E-state index contributed by atoms with van der Waals surface area (Å²) >= 11 is 0. The summed E-state index contributed by atoms with van der Waals surface area (Å²) in [6.07, 6.45) is -6.73. The Kier molecular flexibility index (Phi) is 4.16. The number of benzene rings is 2. The van der Waals surface area contributed by atoms with Crippen LogP contribution in [0.5, 0.6) is 0 Å². The lowest BCUT2D eigenvalue weighted by Crippen LogP contribution is -2.52. The highest BCUT2D eigenvalue weighted by atomic mass is 19.1. The Bertz CT molecular complexity index is 1470. The zero-order valence-electron chi connectivity index (χ0n) is 26.1. The molecule has 178 valence electrons. The largest absolute Gasteiger partial charge is 0.381 e. The second-order valence-corrected chi connectivity index (χ2v) is 7.99. The molecule has 3 aliphatic heterocycles. The highest BCUT2D eigenvalue weighted by molar-refractivity contribution is 6.06. The number of rotatable bonds is 6. The zero-order valence-corrected chi connectivity index (χ0v) is 18.1. The van der Waals surface area contributed by atoms with E-state index < -0.39 is 60.9 Å². The number of carbonyl (C=O) groups is 3. The van der Waals surface area contributed by atoms with Crippen LogP contribution < -0.4 is 10.6 Å². The molecule has 1 atom stereocenters. The van der Waals surface area contributed by atoms with Crippen LogP contribution in [0.2, 0.25) is 0 Å². The molecule has 0 radical (unpaired) electrons. The standard InChI is InChI=1S/C25H27FN4O4/c26-20-12-16(14-29-8-10-34-11-9-29)4-5-17(20)13-27-21-3-1-2-18-19(21)15-30(25(18)33)22-6-7-23(31)28-24(22)32/h1-5,12,22,27H,6-11,13-15H2,(H,28,31,32)/i4D,5D,6D2,7D2,12D,22D. The lowest BCUT2D eigenvalue weighted by molar-refractivity contribution is -0.136. The van der Waals surface area contributed by atoms with Crippen LogP contribution in [0.25, 0.3) is 0 Å². The Morgan fingerprint density at radius 2 is 2.09 bits per heavy atom. The third-order valence-corrected chi connectivity index (χ3v) is 5.81. The Balaban J connectivity index is 1.42. The summed E-state index contributed by atoms with van der Waals surface area (Å²) in [5.74, 6) is -4.97. The van der Waals surface area contributed by atoms with Crippen molar-refractivity contribution in [1.82, 2.24) is 15.1 Å². The first-order chi connectivity index (χ1) is 19.6. The number of amides is 3. The number of nitrogens with zero attached hydrogens (tertiary/aromatic N) is 2. The maximum absolute atomic E-state index is 15.4. The van der Waals surface area contributed by atoms with Crippen molar-refractivity contribution < 1.29 is 34.5 Å². The number of fused-ring (bicyclic) bond motifs is 1. The molecule has 34 heavy (non-hydrogen) atoms. The highest BCUT2D eigenvalue weighted by Gasteiger charge is 2.39. The molecule has 0 bridgehead atoms. The molecule has 2 saturated heterocycles. The summed E-state index contributed by atoms with van der Waals surface area (Å²) in [4.78, 5) is 40.6. The van der Waals surface area contributed by atoms with Crippen molar-refractivity contribution in [3.63, 3.8) is 0 Å². The quantitative estimate of drug-likeness (QED) is 0.623. The van der Waals surface area contributed by atoms with E-state index in [1.807, 2.05) is 4.90 Å². The van der Waals surface area contributed by atoms with Gasteiger partial charge in [0, 0.05) is 67.0 Å². The normalized spacial score (nSPS) is 29.4. The summed E-state index contributed by atoms with van der Waals surface area (Å²) in [7, 11) is 0. The monoisotopic (exact) mass is 474 g/mol. The van der Waals surface area contributed by atoms with E-state index in [0.29, 0.717) is 31.2 Å². The van der Waals surface area contributed by atoms with E-state index >= 15 is 4.39 Å². The third-order valence-electron chi connectivity index (χ3n) is 5.81. The maximum Gasteiger partial charge on any atom is 0.255 e. The number of carbonyl (C=O) groups excluding carboxylic acids is 3. The van der Waals surface area contributed by atoms with E-state index in [-0.39, 0.29) is 47.1 Å². The average molecular weight is 475 g/mol. The van der Waals surface area contributed by atoms with Gasteiger partial charge in [0.2, 0.25) is 11.8 Å². The number of ether oxygens (including phenoxy) is 1. The van der Waals surface area contributed by atoms with Crippen LogP contribution in [0.4, 0.5) is 10.1 Å². The fourth-order valence-corrected chi connectivity index (χ4v) is 4.05. The molecule has 9 heteroatoms. The smallest absolute Gasteiger partial charge is 0.255 e. The lowest BCUT2D eigenvalue weighted by atomic mass is 10.0. The molecule has 0 aromatic heterocycles. The summed E-state index contributed by atoms with van der Waals surface area (Å²) < 4.78 is 86.8. The molecule has 3 aliphatic rings. The molecule has 0 saturated carbocycles. The van der Waals surface area contributed by atoms with Crippen molar-refractivity contribution in [1.29, 1.82) is 0 Å². The van der Waals surface area contributed by atoms with Crippen molar-refractivity contribution in [2.24, 2.45) is 0 Å². The fourth-order valence-electron chi connectivity index (χ4n) is 4.05. The molecule has 2 aromatic rings. The van der Waals surface area contributed by atoms with E-state index in [9.17, 15) is 14.4 Å². The van der Waals surface area contributed by atoms with E-state index in [1.54, 1.807) is 5.32 Å². The minimum Gasteiger partial charge on any atom is -0.381 e. The first-order valence-corrected chi connectivity index (χ1v) is 10.7. The SMILES string of the molecule is [2H]c1c([2H])c(CNc2cccc3c2CN(C2([2H])C(=O)NC(=O)C([2H])([2H])C2([2H])[2H])C3=O)c(F)c([2H])c1CN1CCOCC1. The molecule has 2 aromatic carbocycles. The van der Waals surface area contributed by atoms with E-state index in [2.05, 4.69) is 5.32 Å². The number of anilines is 1. The second kappa shape index (κ2) is 9.52. The van der Waals surface area contributed by atoms with Gasteiger partial charge in [-0.3, -0.25) is 24.6 Å². The summed E-state index contributed by atoms with van der Waals surface area (Å²) in [5, 5.41) is 4.55. The summed E-state index contributed by atoms with van der Waals surface area (Å²) in [6.45, 7) is 1.31. The van der Waals surface area contributed by atoms with Gasteiger partial charge in [-0.15, -0.1) is 0 Å². The molecular formula is C25H27FN4O4. The molecule has 3 heterocycles. The van der Waals surface area contributed by atoms with Gasteiger partial charge in [0.1, 0.15) is 11.8 Å². The summed E-state index contributed by atoms with van der Waals surface area (Å²) in [6, 6.07) is -0.0137. The number of morpholine rings is 1. The summed E-state index contributed by atoms with van der Waals surface area (Å²) in [5.41, 5.74) is 0.230. The predicted octanol–water partition coefficient (Wildman–Crippen LogP) is 2.03. The number of hydrogen-bond acceptors (Lipinski definition) is 6. The van der Waals surface area contributed by atoms with Crippen molar-refractivity contribution in [2.45, 2.75) is 38.4 Å². The van der Waals surface area contributed by atoms with Gasteiger partial charge in [0.05, 0.1) is 18.7 Å². The van der Waals surface area contributed by atoms with Crippen LogP contribution in [0.1, 0.15) is 50.8 Å². The van der Waals surface area contributed by atoms with Gasteiger partial charge in [0.25, 0.3) is 5.91 Å². The van der Waals surface area contributed by atoms with Gasteiger partial charge in [-0.1, -0.05) is 18.2 Å². The van der Waals surface area contributed by atoms with Gasteiger partial charge >= 0.3 is 0 Å². The Morgan fingerprint density at radius 3 is 2.91 bits per heavy atom. The third kappa shape index (κ3) is 4.53. The van der Waals surface area contributed by atoms with Crippen LogP contribution in [0.3, 0.4) is 0 Å². The van der Waals surface area contributed by atoms with Gasteiger partial charge in [-0.25, -0.2) is 4.39 Å². The van der Waals surface area contributed by atoms with Crippen molar-refractivity contribution in [2.75, 3.05) is 31.6 Å². The molecular weight excluding hydrogens is 439 g/mol. The van der Waals surface area contributed by atoms with Gasteiger partial charge in [-0.2, -0.15) is 0 Å². The molecule has 5 rings (SSSR count). The van der Waals surface area contributed by atoms with Crippen LogP contribution in [0, 0.1) is 5.82 Å². The van der Waals surface area contributed by atoms with Gasteiger partial charge in [-0.05, 0) is 30.1 Å². The molecule has 0 aliphatic carbocycles. The van der Waals surface area contributed by atoms with Gasteiger partial charge < -0.3 is 15.0 Å². The maximum atomic E-state index is 15.4.